The number of imidazole rings is 1. The molecule has 4 aromatic rings. The normalized spacial score (nSPS) is 14.3. The molecule has 4 heterocycles. The van der Waals surface area contributed by atoms with Gasteiger partial charge in [-0.2, -0.15) is 0 Å². The van der Waals surface area contributed by atoms with Gasteiger partial charge in [-0.15, -0.1) is 0 Å². The van der Waals surface area contributed by atoms with Gasteiger partial charge in [-0.3, -0.25) is 24.0 Å². The van der Waals surface area contributed by atoms with Crippen LogP contribution in [0.3, 0.4) is 0 Å². The van der Waals surface area contributed by atoms with Gasteiger partial charge in [-0.1, -0.05) is 12.1 Å². The fraction of sp³-hybridized carbons (Fsp3) is 0.292. The Labute approximate surface area is 204 Å². The van der Waals surface area contributed by atoms with Crippen molar-refractivity contribution >= 4 is 28.6 Å². The number of carbonyl (C=O) groups excluding carboxylic acids is 1. The smallest absolute Gasteiger partial charge is 0.329 e. The third-order valence-corrected chi connectivity index (χ3v) is 6.26. The van der Waals surface area contributed by atoms with Crippen LogP contribution < -0.4 is 21.5 Å². The number of rotatable bonds is 6. The van der Waals surface area contributed by atoms with E-state index in [-0.39, 0.29) is 29.4 Å². The van der Waals surface area contributed by atoms with Crippen LogP contribution in [0.4, 0.5) is 15.9 Å². The summed E-state index contributed by atoms with van der Waals surface area (Å²) < 4.78 is 15.4. The predicted molar refractivity (Wildman–Crippen MR) is 132 cm³/mol. The van der Waals surface area contributed by atoms with Gasteiger partial charge in [0, 0.05) is 39.8 Å². The minimum absolute atomic E-state index is 0.135. The van der Waals surface area contributed by atoms with Crippen molar-refractivity contribution in [3.05, 3.63) is 81.1 Å². The number of hydrogen-bond acceptors (Lipinski definition) is 7. The molecule has 0 radical (unpaired) electrons. The van der Waals surface area contributed by atoms with E-state index in [0.717, 1.165) is 48.5 Å². The molecule has 1 aliphatic rings. The molecule has 1 aromatic carbocycles. The van der Waals surface area contributed by atoms with Crippen LogP contribution in [0, 0.1) is 5.82 Å². The maximum absolute atomic E-state index is 13.1. The summed E-state index contributed by atoms with van der Waals surface area (Å²) in [5.41, 5.74) is 1.23. The fourth-order valence-corrected chi connectivity index (χ4v) is 4.25. The van der Waals surface area contributed by atoms with Crippen LogP contribution in [0.5, 0.6) is 0 Å². The number of nitrogens with one attached hydrogen (secondary N) is 2. The van der Waals surface area contributed by atoms with Gasteiger partial charge >= 0.3 is 5.69 Å². The molecule has 0 unspecified atom stereocenters. The maximum Gasteiger partial charge on any atom is 0.329 e. The molecule has 1 fully saturated rings. The van der Waals surface area contributed by atoms with E-state index in [0.29, 0.717) is 5.82 Å². The first-order valence-corrected chi connectivity index (χ1v) is 11.5. The van der Waals surface area contributed by atoms with Crippen LogP contribution in [-0.2, 0) is 24.9 Å². The average molecular weight is 493 g/mol. The van der Waals surface area contributed by atoms with Gasteiger partial charge in [0.1, 0.15) is 18.2 Å². The Morgan fingerprint density at radius 1 is 1.06 bits per heavy atom. The van der Waals surface area contributed by atoms with Gasteiger partial charge < -0.3 is 14.8 Å². The van der Waals surface area contributed by atoms with E-state index in [4.69, 9.17) is 0 Å². The summed E-state index contributed by atoms with van der Waals surface area (Å²) in [4.78, 5) is 52.1. The number of anilines is 2. The molecule has 12 heteroatoms. The fourth-order valence-electron chi connectivity index (χ4n) is 4.25. The zero-order valence-electron chi connectivity index (χ0n) is 19.6. The zero-order valence-corrected chi connectivity index (χ0v) is 19.6. The van der Waals surface area contributed by atoms with Gasteiger partial charge in [0.15, 0.2) is 11.2 Å². The Kier molecular flexibility index (Phi) is 6.34. The highest BCUT2D eigenvalue weighted by Crippen LogP contribution is 2.18. The number of nitrogens with zero attached hydrogens (tertiary/aromatic N) is 6. The molecule has 1 aliphatic heterocycles. The number of H-pyrrole nitrogens is 1. The molecular weight excluding hydrogens is 467 g/mol. The summed E-state index contributed by atoms with van der Waals surface area (Å²) in [5, 5.41) is 2.73. The molecule has 36 heavy (non-hydrogen) atoms. The largest absolute Gasteiger partial charge is 0.368 e. The number of hydrogen-bond donors (Lipinski definition) is 2. The van der Waals surface area contributed by atoms with Crippen molar-refractivity contribution in [2.75, 3.05) is 36.4 Å². The highest BCUT2D eigenvalue weighted by Gasteiger charge is 2.18. The third-order valence-electron chi connectivity index (χ3n) is 6.26. The summed E-state index contributed by atoms with van der Waals surface area (Å²) >= 11 is 0. The topological polar surface area (TPSA) is 121 Å². The lowest BCUT2D eigenvalue weighted by Crippen LogP contribution is -2.46. The highest BCUT2D eigenvalue weighted by molar-refractivity contribution is 5.90. The van der Waals surface area contributed by atoms with E-state index >= 15 is 0 Å². The first-order valence-electron chi connectivity index (χ1n) is 11.5. The Bertz CT molecular complexity index is 1500. The minimum atomic E-state index is -0.569. The first-order chi connectivity index (χ1) is 17.4. The third kappa shape index (κ3) is 4.89. The molecule has 1 saturated heterocycles. The summed E-state index contributed by atoms with van der Waals surface area (Å²) in [6, 6.07) is 10.2. The van der Waals surface area contributed by atoms with Gasteiger partial charge in [-0.05, 0) is 29.8 Å². The average Bonchev–Trinajstić information content (AvgIpc) is 3.27. The summed E-state index contributed by atoms with van der Waals surface area (Å²) in [6.45, 7) is 4.04. The monoisotopic (exact) mass is 492 g/mol. The lowest BCUT2D eigenvalue weighted by Gasteiger charge is -2.36. The number of amides is 1. The van der Waals surface area contributed by atoms with Crippen LogP contribution in [-0.4, -0.2) is 61.1 Å². The van der Waals surface area contributed by atoms with E-state index < -0.39 is 11.2 Å². The Balaban J connectivity index is 1.16. The van der Waals surface area contributed by atoms with Crippen LogP contribution >= 0.6 is 0 Å². The lowest BCUT2D eigenvalue weighted by atomic mass is 10.2. The van der Waals surface area contributed by atoms with Gasteiger partial charge in [0.2, 0.25) is 5.91 Å². The summed E-state index contributed by atoms with van der Waals surface area (Å²) in [7, 11) is 1.36. The maximum atomic E-state index is 13.1. The minimum Gasteiger partial charge on any atom is -0.368 e. The Morgan fingerprint density at radius 2 is 1.81 bits per heavy atom. The molecule has 0 saturated carbocycles. The molecular formula is C24H25FN8O3. The van der Waals surface area contributed by atoms with Crippen LogP contribution in [0.1, 0.15) is 5.56 Å². The van der Waals surface area contributed by atoms with Gasteiger partial charge in [-0.25, -0.2) is 19.2 Å². The van der Waals surface area contributed by atoms with Crippen molar-refractivity contribution in [1.82, 2.24) is 29.0 Å². The van der Waals surface area contributed by atoms with Gasteiger partial charge in [0.25, 0.3) is 5.56 Å². The number of benzene rings is 1. The second-order valence-corrected chi connectivity index (χ2v) is 8.70. The van der Waals surface area contributed by atoms with Crippen molar-refractivity contribution < 1.29 is 9.18 Å². The number of carbonyl (C=O) groups is 1. The standard InChI is InChI=1S/C24H25FN8O3/c1-30-23(35)21-22(29-24(30)36)27-15-33(21)14-20(34)28-19-7-6-18(12-26-19)32-10-8-31(9-11-32)13-16-2-4-17(25)5-3-16/h2-7,12,15H,8-11,13-14H2,1H3,(H,29,36)(H,26,28,34). The SMILES string of the molecule is Cn1c(=O)[nH]c2ncn(CC(=O)Nc3ccc(N4CCN(Cc5ccc(F)cc5)CC4)cn3)c2c1=O. The molecule has 0 atom stereocenters. The van der Waals surface area contributed by atoms with E-state index in [2.05, 4.69) is 30.1 Å². The van der Waals surface area contributed by atoms with Gasteiger partial charge in [0.05, 0.1) is 18.2 Å². The predicted octanol–water partition coefficient (Wildman–Crippen LogP) is 0.918. The molecule has 3 aromatic heterocycles. The Morgan fingerprint density at radius 3 is 2.50 bits per heavy atom. The number of halogens is 1. The van der Waals surface area contributed by atoms with Crippen LogP contribution in [0.15, 0.2) is 58.5 Å². The van der Waals surface area contributed by atoms with E-state index in [1.165, 1.54) is 30.1 Å². The highest BCUT2D eigenvalue weighted by atomic mass is 19.1. The second kappa shape index (κ2) is 9.74. The molecule has 1 amide bonds. The number of pyridine rings is 1. The zero-order chi connectivity index (χ0) is 25.2. The molecule has 0 bridgehead atoms. The van der Waals surface area contributed by atoms with Crippen molar-refractivity contribution in [2.45, 2.75) is 13.1 Å². The molecule has 0 aliphatic carbocycles. The first kappa shape index (κ1) is 23.4. The summed E-state index contributed by atoms with van der Waals surface area (Å²) in [5.74, 6) is -0.212. The number of fused-ring (bicyclic) bond motifs is 1. The lowest BCUT2D eigenvalue weighted by molar-refractivity contribution is -0.116. The van der Waals surface area contributed by atoms with Crippen molar-refractivity contribution in [3.63, 3.8) is 0 Å². The number of piperazine rings is 1. The molecule has 11 nitrogen and oxygen atoms in total. The van der Waals surface area contributed by atoms with Crippen molar-refractivity contribution in [2.24, 2.45) is 7.05 Å². The van der Waals surface area contributed by atoms with E-state index in [1.54, 1.807) is 12.3 Å². The molecule has 0 spiro atoms. The van der Waals surface area contributed by atoms with Crippen LogP contribution in [0.2, 0.25) is 0 Å². The Hall–Kier alpha value is -4.32. The quantitative estimate of drug-likeness (QED) is 0.411. The summed E-state index contributed by atoms with van der Waals surface area (Å²) in [6.07, 6.45) is 3.06. The second-order valence-electron chi connectivity index (χ2n) is 8.70. The van der Waals surface area contributed by atoms with Crippen LogP contribution in [0.25, 0.3) is 11.2 Å². The van der Waals surface area contributed by atoms with Crippen molar-refractivity contribution in [1.29, 1.82) is 0 Å². The van der Waals surface area contributed by atoms with E-state index in [9.17, 15) is 18.8 Å². The molecule has 5 rings (SSSR count). The number of aromatic amines is 1. The molecule has 186 valence electrons. The van der Waals surface area contributed by atoms with Crippen molar-refractivity contribution in [3.8, 4) is 0 Å². The number of aromatic nitrogens is 5. The molecule has 2 N–H and O–H groups in total. The van der Waals surface area contributed by atoms with E-state index in [1.807, 2.05) is 18.2 Å².